The Balaban J connectivity index is 1.66. The zero-order chi connectivity index (χ0) is 16.7. The fraction of sp³-hybridized carbons (Fsp3) is 0.231. The summed E-state index contributed by atoms with van der Waals surface area (Å²) < 4.78 is 5.46. The van der Waals surface area contributed by atoms with Gasteiger partial charge in [0.25, 0.3) is 0 Å². The summed E-state index contributed by atoms with van der Waals surface area (Å²) in [5, 5.41) is 3.67. The van der Waals surface area contributed by atoms with Gasteiger partial charge < -0.3 is 21.5 Å². The van der Waals surface area contributed by atoms with E-state index in [9.17, 15) is 4.79 Å². The number of ether oxygens (including phenoxy) is 1. The normalized spacial score (nSPS) is 10.3. The lowest BCUT2D eigenvalue weighted by Crippen LogP contribution is -2.29. The molecule has 1 amide bonds. The first-order chi connectivity index (χ1) is 11.0. The average molecular weight is 355 g/mol. The summed E-state index contributed by atoms with van der Waals surface area (Å²) in [6, 6.07) is 6.99. The molecule has 0 saturated carbocycles. The summed E-state index contributed by atoms with van der Waals surface area (Å²) in [6.45, 7) is 0.729. The van der Waals surface area contributed by atoms with Crippen LogP contribution in [0.25, 0.3) is 0 Å². The van der Waals surface area contributed by atoms with Crippen LogP contribution in [0.2, 0.25) is 5.02 Å². The first-order valence-corrected chi connectivity index (χ1v) is 7.94. The van der Waals surface area contributed by atoms with Crippen LogP contribution in [-0.2, 0) is 4.79 Å². The molecule has 2 rings (SSSR count). The van der Waals surface area contributed by atoms with Crippen molar-refractivity contribution in [2.75, 3.05) is 30.4 Å². The minimum absolute atomic E-state index is 0.0248. The predicted molar refractivity (Wildman–Crippen MR) is 89.3 cm³/mol. The third-order valence-electron chi connectivity index (χ3n) is 2.49. The number of nitrogens with one attached hydrogen (secondary N) is 1. The third kappa shape index (κ3) is 6.17. The quantitative estimate of drug-likeness (QED) is 0.495. The molecule has 122 valence electrons. The van der Waals surface area contributed by atoms with E-state index in [0.29, 0.717) is 29.1 Å². The molecule has 10 heteroatoms. The lowest BCUT2D eigenvalue weighted by Gasteiger charge is -2.07. The van der Waals surface area contributed by atoms with Gasteiger partial charge in [0, 0.05) is 5.02 Å². The highest BCUT2D eigenvalue weighted by Gasteiger charge is 2.07. The van der Waals surface area contributed by atoms with Crippen LogP contribution >= 0.6 is 23.4 Å². The molecule has 8 nitrogen and oxygen atoms in total. The zero-order valence-corrected chi connectivity index (χ0v) is 13.6. The van der Waals surface area contributed by atoms with Crippen LogP contribution in [0.5, 0.6) is 5.75 Å². The van der Waals surface area contributed by atoms with Gasteiger partial charge in [0.15, 0.2) is 5.16 Å². The number of carbonyl (C=O) groups excluding carboxylic acids is 1. The number of aromatic nitrogens is 3. The number of hydrogen-bond acceptors (Lipinski definition) is 8. The number of halogens is 1. The monoisotopic (exact) mass is 354 g/mol. The van der Waals surface area contributed by atoms with Crippen LogP contribution in [-0.4, -0.2) is 39.8 Å². The average Bonchev–Trinajstić information content (AvgIpc) is 2.50. The largest absolute Gasteiger partial charge is 0.492 e. The molecule has 0 aliphatic rings. The molecule has 0 atom stereocenters. The number of amides is 1. The van der Waals surface area contributed by atoms with Gasteiger partial charge in [0.05, 0.1) is 12.3 Å². The molecule has 5 N–H and O–H groups in total. The lowest BCUT2D eigenvalue weighted by atomic mass is 10.3. The Morgan fingerprint density at radius 1 is 1.17 bits per heavy atom. The van der Waals surface area contributed by atoms with Crippen molar-refractivity contribution >= 4 is 41.2 Å². The highest BCUT2D eigenvalue weighted by Crippen LogP contribution is 2.15. The second-order valence-corrected chi connectivity index (χ2v) is 5.65. The molecule has 0 aliphatic heterocycles. The molecule has 0 bridgehead atoms. The molecule has 2 aromatic rings. The maximum Gasteiger partial charge on any atom is 0.230 e. The van der Waals surface area contributed by atoms with Crippen molar-refractivity contribution in [1.29, 1.82) is 0 Å². The van der Waals surface area contributed by atoms with Crippen molar-refractivity contribution in [2.45, 2.75) is 5.16 Å². The van der Waals surface area contributed by atoms with Crippen LogP contribution in [0.4, 0.5) is 11.9 Å². The van der Waals surface area contributed by atoms with Crippen molar-refractivity contribution in [3.05, 3.63) is 29.3 Å². The fourth-order valence-electron chi connectivity index (χ4n) is 1.52. The molecule has 23 heavy (non-hydrogen) atoms. The van der Waals surface area contributed by atoms with E-state index in [-0.39, 0.29) is 23.6 Å². The topological polar surface area (TPSA) is 129 Å². The smallest absolute Gasteiger partial charge is 0.230 e. The minimum Gasteiger partial charge on any atom is -0.492 e. The van der Waals surface area contributed by atoms with Gasteiger partial charge in [-0.25, -0.2) is 0 Å². The van der Waals surface area contributed by atoms with E-state index >= 15 is 0 Å². The summed E-state index contributed by atoms with van der Waals surface area (Å²) in [4.78, 5) is 23.1. The van der Waals surface area contributed by atoms with Crippen LogP contribution in [0.1, 0.15) is 0 Å². The maximum absolute atomic E-state index is 11.7. The van der Waals surface area contributed by atoms with E-state index < -0.39 is 0 Å². The van der Waals surface area contributed by atoms with Gasteiger partial charge in [-0.05, 0) is 24.3 Å². The van der Waals surface area contributed by atoms with Gasteiger partial charge in [0.2, 0.25) is 17.8 Å². The summed E-state index contributed by atoms with van der Waals surface area (Å²) in [5.41, 5.74) is 10.9. The number of nitrogens with two attached hydrogens (primary N) is 2. The number of hydrogen-bond donors (Lipinski definition) is 3. The number of benzene rings is 1. The first-order valence-electron chi connectivity index (χ1n) is 6.58. The van der Waals surface area contributed by atoms with Gasteiger partial charge in [-0.3, -0.25) is 4.79 Å². The number of thioether (sulfide) groups is 1. The molecule has 0 unspecified atom stereocenters. The van der Waals surface area contributed by atoms with Crippen molar-refractivity contribution in [3.8, 4) is 5.75 Å². The van der Waals surface area contributed by atoms with Crippen LogP contribution < -0.4 is 21.5 Å². The number of nitrogens with zero attached hydrogens (tertiary/aromatic N) is 3. The van der Waals surface area contributed by atoms with Gasteiger partial charge in [-0.2, -0.15) is 15.0 Å². The Bertz CT molecular complexity index is 650. The van der Waals surface area contributed by atoms with Gasteiger partial charge in [-0.15, -0.1) is 0 Å². The van der Waals surface area contributed by atoms with Crippen molar-refractivity contribution in [2.24, 2.45) is 0 Å². The first kappa shape index (κ1) is 17.1. The Morgan fingerprint density at radius 2 is 1.83 bits per heavy atom. The molecule has 1 heterocycles. The van der Waals surface area contributed by atoms with Crippen LogP contribution in [0, 0.1) is 0 Å². The maximum atomic E-state index is 11.7. The molecule has 1 aromatic heterocycles. The Morgan fingerprint density at radius 3 is 2.48 bits per heavy atom. The van der Waals surface area contributed by atoms with Crippen molar-refractivity contribution in [1.82, 2.24) is 20.3 Å². The standard InChI is InChI=1S/C13H15ClN6O2S/c14-8-1-3-9(4-2-8)22-6-5-17-10(21)7-23-13-19-11(15)18-12(16)20-13/h1-4H,5-7H2,(H,17,21)(H4,15,16,18,19,20). The van der Waals surface area contributed by atoms with Crippen molar-refractivity contribution < 1.29 is 9.53 Å². The molecule has 0 aliphatic carbocycles. The van der Waals surface area contributed by atoms with Crippen LogP contribution in [0.15, 0.2) is 29.4 Å². The predicted octanol–water partition coefficient (Wildman–Crippen LogP) is 0.977. The molecule has 1 aromatic carbocycles. The lowest BCUT2D eigenvalue weighted by molar-refractivity contribution is -0.118. The molecule has 0 fully saturated rings. The Hall–Kier alpha value is -2.26. The summed E-state index contributed by atoms with van der Waals surface area (Å²) in [7, 11) is 0. The summed E-state index contributed by atoms with van der Waals surface area (Å²) >= 11 is 6.90. The highest BCUT2D eigenvalue weighted by atomic mass is 35.5. The van der Waals surface area contributed by atoms with Gasteiger partial charge in [-0.1, -0.05) is 23.4 Å². The second-order valence-electron chi connectivity index (χ2n) is 4.28. The molecular weight excluding hydrogens is 340 g/mol. The molecular formula is C13H15ClN6O2S. The summed E-state index contributed by atoms with van der Waals surface area (Å²) in [5.74, 6) is 0.707. The van der Waals surface area contributed by atoms with E-state index in [4.69, 9.17) is 27.8 Å². The number of carbonyl (C=O) groups is 1. The second kappa shape index (κ2) is 8.39. The number of anilines is 2. The fourth-order valence-corrected chi connectivity index (χ4v) is 2.33. The van der Waals surface area contributed by atoms with E-state index in [1.807, 2.05) is 0 Å². The van der Waals surface area contributed by atoms with Gasteiger partial charge >= 0.3 is 0 Å². The summed E-state index contributed by atoms with van der Waals surface area (Å²) in [6.07, 6.45) is 0. The highest BCUT2D eigenvalue weighted by molar-refractivity contribution is 7.99. The zero-order valence-electron chi connectivity index (χ0n) is 12.0. The third-order valence-corrected chi connectivity index (χ3v) is 3.59. The van der Waals surface area contributed by atoms with E-state index in [1.165, 1.54) is 0 Å². The van der Waals surface area contributed by atoms with Gasteiger partial charge in [0.1, 0.15) is 12.4 Å². The van der Waals surface area contributed by atoms with E-state index in [0.717, 1.165) is 11.8 Å². The van der Waals surface area contributed by atoms with E-state index in [2.05, 4.69) is 20.3 Å². The minimum atomic E-state index is -0.174. The number of rotatable bonds is 7. The molecule has 0 spiro atoms. The van der Waals surface area contributed by atoms with Crippen molar-refractivity contribution in [3.63, 3.8) is 0 Å². The Labute approximate surface area is 142 Å². The van der Waals surface area contributed by atoms with E-state index in [1.54, 1.807) is 24.3 Å². The molecule has 0 radical (unpaired) electrons. The Kier molecular flexibility index (Phi) is 6.24. The SMILES string of the molecule is Nc1nc(N)nc(SCC(=O)NCCOc2ccc(Cl)cc2)n1. The van der Waals surface area contributed by atoms with Crippen LogP contribution in [0.3, 0.4) is 0 Å². The number of nitrogen functional groups attached to an aromatic ring is 2. The molecule has 0 saturated heterocycles.